The summed E-state index contributed by atoms with van der Waals surface area (Å²) in [6.45, 7) is 12.5. The van der Waals surface area contributed by atoms with Crippen molar-refractivity contribution in [3.05, 3.63) is 77.5 Å². The van der Waals surface area contributed by atoms with Gasteiger partial charge in [0.25, 0.3) is 0 Å². The van der Waals surface area contributed by atoms with Crippen LogP contribution in [0.25, 0.3) is 0 Å². The van der Waals surface area contributed by atoms with E-state index in [9.17, 15) is 4.79 Å². The Hall–Kier alpha value is -3.17. The van der Waals surface area contributed by atoms with Gasteiger partial charge in [0.2, 0.25) is 11.8 Å². The number of carbonyl (C=O) groups is 1. The predicted octanol–water partition coefficient (Wildman–Crippen LogP) is 5.11. The third kappa shape index (κ3) is 4.97. The van der Waals surface area contributed by atoms with E-state index in [1.54, 1.807) is 11.8 Å². The summed E-state index contributed by atoms with van der Waals surface area (Å²) >= 11 is 0. The summed E-state index contributed by atoms with van der Waals surface area (Å²) in [5.74, 6) is 1.07. The Labute approximate surface area is 224 Å². The first kappa shape index (κ1) is 26.4. The van der Waals surface area contributed by atoms with Gasteiger partial charge in [0.15, 0.2) is 0 Å². The number of hydrogen-bond donors (Lipinski definition) is 0. The van der Waals surface area contributed by atoms with E-state index in [0.29, 0.717) is 37.6 Å². The van der Waals surface area contributed by atoms with Crippen LogP contribution in [0.1, 0.15) is 76.4 Å². The zero-order valence-electron chi connectivity index (χ0n) is 23.1. The first-order valence-electron chi connectivity index (χ1n) is 13.3. The Morgan fingerprint density at radius 1 is 0.974 bits per heavy atom. The van der Waals surface area contributed by atoms with Gasteiger partial charge in [-0.05, 0) is 51.2 Å². The molecule has 2 saturated heterocycles. The molecule has 2 aromatic carbocycles. The highest BCUT2D eigenvalue weighted by Crippen LogP contribution is 2.40. The molecule has 1 aromatic heterocycles. The van der Waals surface area contributed by atoms with Crippen molar-refractivity contribution in [2.24, 2.45) is 0 Å². The van der Waals surface area contributed by atoms with Crippen LogP contribution in [0.4, 0.5) is 4.79 Å². The number of cyclic esters (lactones) is 1. The van der Waals surface area contributed by atoms with Crippen LogP contribution in [-0.2, 0) is 26.1 Å². The van der Waals surface area contributed by atoms with Crippen LogP contribution < -0.4 is 5.46 Å². The second kappa shape index (κ2) is 9.86. The normalized spacial score (nSPS) is 23.4. The van der Waals surface area contributed by atoms with Crippen molar-refractivity contribution in [3.63, 3.8) is 0 Å². The summed E-state index contributed by atoms with van der Waals surface area (Å²) in [6, 6.07) is 17.9. The van der Waals surface area contributed by atoms with E-state index in [1.165, 1.54) is 0 Å². The van der Waals surface area contributed by atoms with Crippen LogP contribution in [0, 0.1) is 6.92 Å². The number of carbonyl (C=O) groups excluding carboxylic acids is 1. The highest BCUT2D eigenvalue weighted by molar-refractivity contribution is 6.62. The zero-order chi connectivity index (χ0) is 27.1. The molecule has 0 radical (unpaired) electrons. The van der Waals surface area contributed by atoms with Crippen LogP contribution in [0.2, 0.25) is 0 Å². The maximum Gasteiger partial charge on any atom is 0.494 e. The van der Waals surface area contributed by atoms with Crippen LogP contribution in [0.15, 0.2) is 59.0 Å². The minimum Gasteiger partial charge on any atom is -0.438 e. The molecule has 3 aromatic rings. The number of amides is 1. The van der Waals surface area contributed by atoms with Crippen molar-refractivity contribution in [3.8, 4) is 0 Å². The van der Waals surface area contributed by atoms with Gasteiger partial charge >= 0.3 is 13.2 Å². The molecule has 38 heavy (non-hydrogen) atoms. The number of aromatic nitrogens is 2. The summed E-state index contributed by atoms with van der Waals surface area (Å²) < 4.78 is 24.2. The Morgan fingerprint density at radius 3 is 2.21 bits per heavy atom. The molecule has 0 aliphatic carbocycles. The molecule has 0 saturated carbocycles. The molecule has 1 amide bonds. The van der Waals surface area contributed by atoms with E-state index in [4.69, 9.17) is 18.5 Å². The number of aryl methyl sites for hydroxylation is 2. The summed E-state index contributed by atoms with van der Waals surface area (Å²) in [7, 11) is -0.418. The van der Waals surface area contributed by atoms with Crippen molar-refractivity contribution < 1.29 is 23.3 Å². The van der Waals surface area contributed by atoms with Gasteiger partial charge in [0.1, 0.15) is 5.60 Å². The topological polar surface area (TPSA) is 86.9 Å². The van der Waals surface area contributed by atoms with Crippen LogP contribution >= 0.6 is 0 Å². The Kier molecular flexibility index (Phi) is 6.86. The number of nitrogens with zero attached hydrogens (tertiary/aromatic N) is 3. The quantitative estimate of drug-likeness (QED) is 0.403. The third-order valence-electron chi connectivity index (χ3n) is 8.30. The van der Waals surface area contributed by atoms with Gasteiger partial charge in [-0.1, -0.05) is 54.6 Å². The first-order valence-corrected chi connectivity index (χ1v) is 13.3. The fraction of sp³-hybridized carbons (Fsp3) is 0.483. The standard InChI is InChI=1S/C29H36BN3O5/c1-20(22-12-14-24(15-13-22)30-37-27(3,4)28(5,6)38-30)33-19-18-29(36-26(33)34,23-10-8-7-9-11-23)17-16-25-32-31-21(2)35-25/h7-15,20H,16-19H2,1-6H3. The van der Waals surface area contributed by atoms with E-state index in [0.717, 1.165) is 16.6 Å². The maximum atomic E-state index is 13.4. The van der Waals surface area contributed by atoms with E-state index in [2.05, 4.69) is 10.2 Å². The number of benzene rings is 2. The molecule has 0 bridgehead atoms. The lowest BCUT2D eigenvalue weighted by Gasteiger charge is -2.43. The molecule has 2 atom stereocenters. The number of hydrogen-bond acceptors (Lipinski definition) is 7. The second-order valence-electron chi connectivity index (χ2n) is 11.3. The first-order chi connectivity index (χ1) is 18.0. The Balaban J connectivity index is 1.30. The van der Waals surface area contributed by atoms with Crippen LogP contribution in [0.3, 0.4) is 0 Å². The molecular formula is C29H36BN3O5. The molecule has 5 rings (SSSR count). The Morgan fingerprint density at radius 2 is 1.63 bits per heavy atom. The van der Waals surface area contributed by atoms with E-state index < -0.39 is 23.9 Å². The van der Waals surface area contributed by atoms with Crippen LogP contribution in [-0.4, -0.2) is 46.1 Å². The molecule has 200 valence electrons. The van der Waals surface area contributed by atoms with E-state index in [-0.39, 0.29) is 12.1 Å². The van der Waals surface area contributed by atoms with E-state index in [1.807, 2.05) is 89.2 Å². The van der Waals surface area contributed by atoms with Gasteiger partial charge in [0.05, 0.1) is 17.2 Å². The number of rotatable bonds is 7. The molecule has 2 aliphatic heterocycles. The number of ether oxygens (including phenoxy) is 1. The summed E-state index contributed by atoms with van der Waals surface area (Å²) in [5, 5.41) is 8.05. The molecule has 0 N–H and O–H groups in total. The Bertz CT molecular complexity index is 1260. The molecule has 2 fully saturated rings. The van der Waals surface area contributed by atoms with Gasteiger partial charge in [-0.25, -0.2) is 4.79 Å². The maximum absolute atomic E-state index is 13.4. The monoisotopic (exact) mass is 517 g/mol. The fourth-order valence-corrected chi connectivity index (χ4v) is 5.12. The second-order valence-corrected chi connectivity index (χ2v) is 11.3. The zero-order valence-corrected chi connectivity index (χ0v) is 23.1. The molecule has 2 aliphatic rings. The smallest absolute Gasteiger partial charge is 0.438 e. The van der Waals surface area contributed by atoms with Gasteiger partial charge < -0.3 is 23.4 Å². The molecule has 2 unspecified atom stereocenters. The van der Waals surface area contributed by atoms with Crippen molar-refractivity contribution >= 4 is 18.7 Å². The molecular weight excluding hydrogens is 481 g/mol. The predicted molar refractivity (Wildman–Crippen MR) is 144 cm³/mol. The van der Waals surface area contributed by atoms with Gasteiger partial charge in [0, 0.05) is 32.7 Å². The van der Waals surface area contributed by atoms with E-state index >= 15 is 0 Å². The average molecular weight is 517 g/mol. The average Bonchev–Trinajstić information content (AvgIpc) is 3.41. The summed E-state index contributed by atoms with van der Waals surface area (Å²) in [5.41, 5.74) is 1.42. The molecule has 8 nitrogen and oxygen atoms in total. The lowest BCUT2D eigenvalue weighted by Crippen LogP contribution is -2.49. The fourth-order valence-electron chi connectivity index (χ4n) is 5.12. The summed E-state index contributed by atoms with van der Waals surface area (Å²) in [4.78, 5) is 15.2. The van der Waals surface area contributed by atoms with Gasteiger partial charge in [-0.3, -0.25) is 0 Å². The highest BCUT2D eigenvalue weighted by Gasteiger charge is 2.51. The van der Waals surface area contributed by atoms with Crippen molar-refractivity contribution in [2.45, 2.75) is 83.6 Å². The summed E-state index contributed by atoms with van der Waals surface area (Å²) in [6.07, 6.45) is 1.42. The molecule has 3 heterocycles. The van der Waals surface area contributed by atoms with Gasteiger partial charge in [-0.15, -0.1) is 10.2 Å². The van der Waals surface area contributed by atoms with Crippen LogP contribution in [0.5, 0.6) is 0 Å². The van der Waals surface area contributed by atoms with Crippen molar-refractivity contribution in [2.75, 3.05) is 6.54 Å². The van der Waals surface area contributed by atoms with Gasteiger partial charge in [-0.2, -0.15) is 0 Å². The molecule has 9 heteroatoms. The lowest BCUT2D eigenvalue weighted by atomic mass is 9.78. The third-order valence-corrected chi connectivity index (χ3v) is 8.30. The minimum atomic E-state index is -0.752. The largest absolute Gasteiger partial charge is 0.494 e. The lowest BCUT2D eigenvalue weighted by molar-refractivity contribution is -0.0660. The SMILES string of the molecule is Cc1nnc(CCC2(c3ccccc3)CCN(C(C)c3ccc(B4OC(C)(C)C(C)(C)O4)cc3)C(=O)O2)o1. The highest BCUT2D eigenvalue weighted by atomic mass is 16.7. The minimum absolute atomic E-state index is 0.151. The van der Waals surface area contributed by atoms with Crippen molar-refractivity contribution in [1.82, 2.24) is 15.1 Å². The molecule has 0 spiro atoms. The van der Waals surface area contributed by atoms with Crippen molar-refractivity contribution in [1.29, 1.82) is 0 Å².